The summed E-state index contributed by atoms with van der Waals surface area (Å²) in [6.07, 6.45) is 0. The van der Waals surface area contributed by atoms with E-state index in [1.807, 2.05) is 0 Å². The Bertz CT molecular complexity index is 2530. The lowest BCUT2D eigenvalue weighted by molar-refractivity contribution is 1.18. The van der Waals surface area contributed by atoms with Crippen molar-refractivity contribution in [3.05, 3.63) is 182 Å². The molecule has 0 spiro atoms. The van der Waals surface area contributed by atoms with E-state index in [1.165, 1.54) is 60.2 Å². The number of fused-ring (bicyclic) bond motifs is 6. The molecule has 0 aliphatic carbocycles. The molecule has 0 atom stereocenters. The van der Waals surface area contributed by atoms with Crippen LogP contribution in [0.25, 0.3) is 60.2 Å². The molecule has 9 rings (SSSR count). The number of hydrogen-bond acceptors (Lipinski definition) is 1. The van der Waals surface area contributed by atoms with Gasteiger partial charge in [-0.3, -0.25) is 0 Å². The van der Waals surface area contributed by atoms with Gasteiger partial charge in [-0.05, 0) is 93.3 Å². The Morgan fingerprint density at radius 2 is 1.00 bits per heavy atom. The third-order valence-electron chi connectivity index (χ3n) is 9.13. The molecule has 2 nitrogen and oxygen atoms in total. The zero-order valence-corrected chi connectivity index (χ0v) is 25.2. The second-order valence-corrected chi connectivity index (χ2v) is 11.8. The summed E-state index contributed by atoms with van der Waals surface area (Å²) in [7, 11) is 0. The summed E-state index contributed by atoms with van der Waals surface area (Å²) < 4.78 is 2.38. The highest BCUT2D eigenvalue weighted by Gasteiger charge is 2.18. The van der Waals surface area contributed by atoms with Crippen LogP contribution in [0, 0.1) is 0 Å². The van der Waals surface area contributed by atoms with Crippen molar-refractivity contribution in [1.82, 2.24) is 4.57 Å². The topological polar surface area (TPSA) is 8.17 Å². The molecule has 0 N–H and O–H groups in total. The minimum Gasteiger partial charge on any atom is -0.310 e. The molecule has 0 aliphatic heterocycles. The monoisotopic (exact) mass is 586 g/mol. The highest BCUT2D eigenvalue weighted by Crippen LogP contribution is 2.42. The molecule has 8 aromatic carbocycles. The molecule has 0 amide bonds. The number of anilines is 3. The fourth-order valence-corrected chi connectivity index (χ4v) is 7.09. The second kappa shape index (κ2) is 10.8. The Kier molecular flexibility index (Phi) is 6.17. The third kappa shape index (κ3) is 4.27. The van der Waals surface area contributed by atoms with Crippen LogP contribution in [-0.2, 0) is 0 Å². The minimum absolute atomic E-state index is 1.12. The fraction of sp³-hybridized carbons (Fsp3) is 0. The van der Waals surface area contributed by atoms with Crippen LogP contribution < -0.4 is 4.90 Å². The molecule has 0 bridgehead atoms. The SMILES string of the molecule is c1ccc(N(c2cccc(-c3cccc4c3c3ccccc3n4-c3ccccc3)c2)c2ccc3c(ccc4ccccc43)c2)cc1. The van der Waals surface area contributed by atoms with Crippen molar-refractivity contribution in [2.45, 2.75) is 0 Å². The lowest BCUT2D eigenvalue weighted by Gasteiger charge is -2.26. The van der Waals surface area contributed by atoms with Gasteiger partial charge in [0.15, 0.2) is 0 Å². The summed E-state index contributed by atoms with van der Waals surface area (Å²) in [4.78, 5) is 2.37. The summed E-state index contributed by atoms with van der Waals surface area (Å²) in [5, 5.41) is 7.56. The molecule has 216 valence electrons. The van der Waals surface area contributed by atoms with Gasteiger partial charge < -0.3 is 9.47 Å². The number of rotatable bonds is 5. The minimum atomic E-state index is 1.12. The quantitative estimate of drug-likeness (QED) is 0.182. The van der Waals surface area contributed by atoms with E-state index in [-0.39, 0.29) is 0 Å². The van der Waals surface area contributed by atoms with Crippen LogP contribution in [-0.4, -0.2) is 4.57 Å². The molecule has 0 unspecified atom stereocenters. The van der Waals surface area contributed by atoms with Crippen molar-refractivity contribution in [3.8, 4) is 16.8 Å². The predicted molar refractivity (Wildman–Crippen MR) is 196 cm³/mol. The number of hydrogen-bond donors (Lipinski definition) is 0. The molecule has 0 radical (unpaired) electrons. The van der Waals surface area contributed by atoms with E-state index >= 15 is 0 Å². The van der Waals surface area contributed by atoms with Gasteiger partial charge in [0.25, 0.3) is 0 Å². The van der Waals surface area contributed by atoms with Crippen molar-refractivity contribution >= 4 is 60.4 Å². The largest absolute Gasteiger partial charge is 0.310 e. The Balaban J connectivity index is 1.24. The lowest BCUT2D eigenvalue weighted by atomic mass is 9.98. The smallest absolute Gasteiger partial charge is 0.0547 e. The average molecular weight is 587 g/mol. The van der Waals surface area contributed by atoms with Gasteiger partial charge in [0.2, 0.25) is 0 Å². The summed E-state index contributed by atoms with van der Waals surface area (Å²) in [6.45, 7) is 0. The van der Waals surface area contributed by atoms with E-state index in [0.29, 0.717) is 0 Å². The third-order valence-corrected chi connectivity index (χ3v) is 9.13. The molecule has 1 aromatic heterocycles. The van der Waals surface area contributed by atoms with E-state index in [9.17, 15) is 0 Å². The van der Waals surface area contributed by atoms with Crippen molar-refractivity contribution in [3.63, 3.8) is 0 Å². The zero-order valence-electron chi connectivity index (χ0n) is 25.2. The number of benzene rings is 8. The Hall–Kier alpha value is -6.12. The van der Waals surface area contributed by atoms with Gasteiger partial charge in [-0.15, -0.1) is 0 Å². The highest BCUT2D eigenvalue weighted by atomic mass is 15.1. The number of aromatic nitrogens is 1. The van der Waals surface area contributed by atoms with Crippen molar-refractivity contribution < 1.29 is 0 Å². The van der Waals surface area contributed by atoms with Crippen LogP contribution in [0.5, 0.6) is 0 Å². The van der Waals surface area contributed by atoms with Crippen LogP contribution in [0.15, 0.2) is 182 Å². The summed E-state index contributed by atoms with van der Waals surface area (Å²) in [6, 6.07) is 65.7. The lowest BCUT2D eigenvalue weighted by Crippen LogP contribution is -2.09. The maximum Gasteiger partial charge on any atom is 0.0547 e. The van der Waals surface area contributed by atoms with Gasteiger partial charge >= 0.3 is 0 Å². The maximum absolute atomic E-state index is 2.38. The standard InChI is InChI=1S/C44H30N2/c1-3-15-34(16-4-1)45(37-27-28-39-33(30-37)26-25-31-13-7-8-20-38(31)39)36-19-11-14-32(29-36)40-22-12-24-43-44(40)41-21-9-10-23-42(41)46(43)35-17-5-2-6-18-35/h1-30H. The summed E-state index contributed by atoms with van der Waals surface area (Å²) in [5.74, 6) is 0. The van der Waals surface area contributed by atoms with Gasteiger partial charge in [0, 0.05) is 33.5 Å². The molecule has 46 heavy (non-hydrogen) atoms. The predicted octanol–water partition coefficient (Wildman–Crippen LogP) is 12.2. The second-order valence-electron chi connectivity index (χ2n) is 11.8. The Morgan fingerprint density at radius 3 is 1.87 bits per heavy atom. The van der Waals surface area contributed by atoms with Gasteiger partial charge in [-0.2, -0.15) is 0 Å². The van der Waals surface area contributed by atoms with E-state index in [2.05, 4.69) is 191 Å². The first-order valence-corrected chi connectivity index (χ1v) is 15.8. The van der Waals surface area contributed by atoms with Crippen LogP contribution >= 0.6 is 0 Å². The van der Waals surface area contributed by atoms with E-state index in [1.54, 1.807) is 0 Å². The normalized spacial score (nSPS) is 11.5. The summed E-state index contributed by atoms with van der Waals surface area (Å²) >= 11 is 0. The van der Waals surface area contributed by atoms with Gasteiger partial charge in [0.05, 0.1) is 11.0 Å². The zero-order chi connectivity index (χ0) is 30.5. The van der Waals surface area contributed by atoms with E-state index in [4.69, 9.17) is 0 Å². The van der Waals surface area contributed by atoms with E-state index < -0.39 is 0 Å². The van der Waals surface area contributed by atoms with Crippen LogP contribution in [0.1, 0.15) is 0 Å². The maximum atomic E-state index is 2.38. The number of nitrogens with zero attached hydrogens (tertiary/aromatic N) is 2. The highest BCUT2D eigenvalue weighted by molar-refractivity contribution is 6.16. The Morgan fingerprint density at radius 1 is 0.370 bits per heavy atom. The first kappa shape index (κ1) is 26.3. The first-order valence-electron chi connectivity index (χ1n) is 15.8. The molecule has 2 heteroatoms. The van der Waals surface area contributed by atoms with Crippen molar-refractivity contribution in [2.75, 3.05) is 4.90 Å². The van der Waals surface area contributed by atoms with Crippen LogP contribution in [0.2, 0.25) is 0 Å². The molecule has 0 saturated carbocycles. The van der Waals surface area contributed by atoms with Crippen LogP contribution in [0.3, 0.4) is 0 Å². The molecule has 9 aromatic rings. The number of para-hydroxylation sites is 3. The summed E-state index contributed by atoms with van der Waals surface area (Å²) in [5.41, 5.74) is 9.36. The Labute approximate surface area is 268 Å². The first-order chi connectivity index (χ1) is 22.8. The molecular weight excluding hydrogens is 556 g/mol. The van der Waals surface area contributed by atoms with Gasteiger partial charge in [-0.25, -0.2) is 0 Å². The molecule has 0 fully saturated rings. The molecular formula is C44H30N2. The van der Waals surface area contributed by atoms with E-state index in [0.717, 1.165) is 17.1 Å². The van der Waals surface area contributed by atoms with Gasteiger partial charge in [-0.1, -0.05) is 121 Å². The molecule has 1 heterocycles. The average Bonchev–Trinajstić information content (AvgIpc) is 3.47. The van der Waals surface area contributed by atoms with Gasteiger partial charge in [0.1, 0.15) is 0 Å². The van der Waals surface area contributed by atoms with Crippen molar-refractivity contribution in [2.24, 2.45) is 0 Å². The van der Waals surface area contributed by atoms with Crippen LogP contribution in [0.4, 0.5) is 17.1 Å². The molecule has 0 saturated heterocycles. The van der Waals surface area contributed by atoms with Crippen molar-refractivity contribution in [1.29, 1.82) is 0 Å². The molecule has 0 aliphatic rings. The fourth-order valence-electron chi connectivity index (χ4n) is 7.09.